The number of carbonyl (C=O) groups is 2. The molecule has 0 radical (unpaired) electrons. The lowest BCUT2D eigenvalue weighted by molar-refractivity contribution is -0.111. The van der Waals surface area contributed by atoms with E-state index in [9.17, 15) is 14.0 Å². The Morgan fingerprint density at radius 3 is 2.42 bits per heavy atom. The molecule has 11 nitrogen and oxygen atoms in total. The average Bonchev–Trinajstić information content (AvgIpc) is 3.01. The third kappa shape index (κ3) is 10.6. The van der Waals surface area contributed by atoms with E-state index in [2.05, 4.69) is 37.4 Å². The van der Waals surface area contributed by atoms with Gasteiger partial charge in [0.1, 0.15) is 15.7 Å². The molecule has 45 heavy (non-hydrogen) atoms. The summed E-state index contributed by atoms with van der Waals surface area (Å²) < 4.78 is 26.6. The lowest BCUT2D eigenvalue weighted by Crippen LogP contribution is -2.50. The van der Waals surface area contributed by atoms with Crippen molar-refractivity contribution < 1.29 is 23.5 Å². The van der Waals surface area contributed by atoms with Crippen LogP contribution in [0.3, 0.4) is 0 Å². The smallest absolute Gasteiger partial charge is 0.410 e. The third-order valence-corrected chi connectivity index (χ3v) is 7.69. The van der Waals surface area contributed by atoms with E-state index in [0.717, 1.165) is 16.6 Å². The quantitative estimate of drug-likeness (QED) is 0.132. The standard InChI is InChI=1S/C31H36FN7O4S2/c1-5-26(40)34-22-7-6-8-23(19-22)35-27-25(32)20-33-28(37-27)36-21-9-11-24(12-10-21)42-17-18-45-30(44)39-15-13-38(14-16-39)29(41)43-31(2,3)4/h5-12,19-20H,1,13-18H2,2-4H3,(H,34,40)(H2,33,35,36,37). The third-order valence-electron chi connectivity index (χ3n) is 6.20. The van der Waals surface area contributed by atoms with E-state index in [-0.39, 0.29) is 23.8 Å². The molecule has 238 valence electrons. The topological polar surface area (TPSA) is 121 Å². The highest BCUT2D eigenvalue weighted by molar-refractivity contribution is 8.22. The van der Waals surface area contributed by atoms with Crippen molar-refractivity contribution in [2.45, 2.75) is 26.4 Å². The summed E-state index contributed by atoms with van der Waals surface area (Å²) in [7, 11) is 0. The van der Waals surface area contributed by atoms with Crippen LogP contribution in [0, 0.1) is 5.82 Å². The van der Waals surface area contributed by atoms with Gasteiger partial charge < -0.3 is 35.2 Å². The van der Waals surface area contributed by atoms with Crippen LogP contribution >= 0.6 is 24.0 Å². The summed E-state index contributed by atoms with van der Waals surface area (Å²) in [5.41, 5.74) is 1.23. The van der Waals surface area contributed by atoms with Gasteiger partial charge in [0.25, 0.3) is 0 Å². The van der Waals surface area contributed by atoms with Crippen molar-refractivity contribution in [3.8, 4) is 5.75 Å². The van der Waals surface area contributed by atoms with Crippen molar-refractivity contribution >= 4 is 69.1 Å². The number of rotatable bonds is 10. The lowest BCUT2D eigenvalue weighted by Gasteiger charge is -2.36. The van der Waals surface area contributed by atoms with Gasteiger partial charge in [-0.05, 0) is 69.3 Å². The van der Waals surface area contributed by atoms with Crippen LogP contribution in [0.15, 0.2) is 67.4 Å². The first-order chi connectivity index (χ1) is 21.5. The van der Waals surface area contributed by atoms with Crippen molar-refractivity contribution in [2.24, 2.45) is 0 Å². The van der Waals surface area contributed by atoms with Crippen LogP contribution in [0.25, 0.3) is 0 Å². The monoisotopic (exact) mass is 653 g/mol. The summed E-state index contributed by atoms with van der Waals surface area (Å²) in [6.07, 6.45) is 1.94. The molecule has 0 atom stereocenters. The highest BCUT2D eigenvalue weighted by atomic mass is 32.2. The number of benzene rings is 2. The first-order valence-electron chi connectivity index (χ1n) is 14.2. The van der Waals surface area contributed by atoms with Crippen molar-refractivity contribution in [3.63, 3.8) is 0 Å². The predicted molar refractivity (Wildman–Crippen MR) is 180 cm³/mol. The Labute approximate surface area is 271 Å². The number of hydrogen-bond acceptors (Lipinski definition) is 10. The van der Waals surface area contributed by atoms with E-state index in [4.69, 9.17) is 21.7 Å². The van der Waals surface area contributed by atoms with Gasteiger partial charge in [0.2, 0.25) is 11.9 Å². The highest BCUT2D eigenvalue weighted by Gasteiger charge is 2.26. The molecule has 0 unspecified atom stereocenters. The number of aromatic nitrogens is 2. The summed E-state index contributed by atoms with van der Waals surface area (Å²) in [5, 5.41) is 8.63. The fraction of sp³-hybridized carbons (Fsp3) is 0.323. The molecule has 3 aromatic rings. The van der Waals surface area contributed by atoms with E-state index in [1.807, 2.05) is 45.0 Å². The Bertz CT molecular complexity index is 1510. The molecule has 2 aromatic carbocycles. The number of hydrogen-bond donors (Lipinski definition) is 3. The van der Waals surface area contributed by atoms with Gasteiger partial charge >= 0.3 is 6.09 Å². The molecule has 1 aliphatic heterocycles. The highest BCUT2D eigenvalue weighted by Crippen LogP contribution is 2.24. The number of anilines is 5. The van der Waals surface area contributed by atoms with Crippen LogP contribution in [-0.2, 0) is 9.53 Å². The molecule has 14 heteroatoms. The number of ether oxygens (including phenoxy) is 2. The number of carbonyl (C=O) groups excluding carboxylic acids is 2. The number of nitrogens with one attached hydrogen (secondary N) is 3. The molecule has 0 saturated carbocycles. The minimum atomic E-state index is -0.634. The van der Waals surface area contributed by atoms with Crippen molar-refractivity contribution in [3.05, 3.63) is 73.2 Å². The second-order valence-electron chi connectivity index (χ2n) is 10.9. The maximum absolute atomic E-state index is 14.5. The van der Waals surface area contributed by atoms with Crippen molar-refractivity contribution in [1.29, 1.82) is 0 Å². The minimum Gasteiger partial charge on any atom is -0.493 e. The van der Waals surface area contributed by atoms with Crippen LogP contribution < -0.4 is 20.7 Å². The Hall–Kier alpha value is -4.43. The predicted octanol–water partition coefficient (Wildman–Crippen LogP) is 6.18. The van der Waals surface area contributed by atoms with E-state index >= 15 is 0 Å². The second-order valence-corrected chi connectivity index (χ2v) is 12.6. The fourth-order valence-electron chi connectivity index (χ4n) is 4.06. The Balaban J connectivity index is 1.20. The van der Waals surface area contributed by atoms with E-state index in [0.29, 0.717) is 61.4 Å². The first-order valence-corrected chi connectivity index (χ1v) is 15.6. The number of piperazine rings is 1. The molecule has 0 spiro atoms. The van der Waals surface area contributed by atoms with Gasteiger partial charge in [-0.3, -0.25) is 4.79 Å². The van der Waals surface area contributed by atoms with Crippen LogP contribution in [0.4, 0.5) is 38.0 Å². The van der Waals surface area contributed by atoms with E-state index in [1.54, 1.807) is 40.9 Å². The molecule has 1 aromatic heterocycles. The summed E-state index contributed by atoms with van der Waals surface area (Å²) >= 11 is 7.13. The van der Waals surface area contributed by atoms with Gasteiger partial charge in [-0.15, -0.1) is 0 Å². The number of amides is 2. The maximum atomic E-state index is 14.5. The molecule has 0 aliphatic carbocycles. The summed E-state index contributed by atoms with van der Waals surface area (Å²) in [4.78, 5) is 35.9. The SMILES string of the molecule is C=CC(=O)Nc1cccc(Nc2nc(Nc3ccc(OCCSC(=S)N4CCN(C(=O)OC(C)(C)C)CC4)cc3)ncc2F)c1. The molecule has 1 fully saturated rings. The zero-order valence-corrected chi connectivity index (χ0v) is 27.0. The second kappa shape index (κ2) is 15.5. The number of thiocarbonyl (C=S) groups is 1. The Morgan fingerprint density at radius 1 is 1.04 bits per heavy atom. The molecular weight excluding hydrogens is 618 g/mol. The maximum Gasteiger partial charge on any atom is 0.410 e. The Morgan fingerprint density at radius 2 is 1.73 bits per heavy atom. The molecular formula is C31H36FN7O4S2. The molecule has 1 aliphatic rings. The zero-order chi connectivity index (χ0) is 32.4. The van der Waals surface area contributed by atoms with Crippen molar-refractivity contribution in [2.75, 3.05) is 54.5 Å². The van der Waals surface area contributed by atoms with Gasteiger partial charge in [0.05, 0.1) is 12.8 Å². The molecule has 2 amide bonds. The minimum absolute atomic E-state index is 0.0278. The molecule has 2 heterocycles. The van der Waals surface area contributed by atoms with Crippen LogP contribution in [0.2, 0.25) is 0 Å². The lowest BCUT2D eigenvalue weighted by atomic mass is 10.2. The Kier molecular flexibility index (Phi) is 11.5. The summed E-state index contributed by atoms with van der Waals surface area (Å²) in [5.74, 6) is 0.540. The normalized spacial score (nSPS) is 13.1. The molecule has 3 N–H and O–H groups in total. The van der Waals surface area contributed by atoms with Crippen LogP contribution in [-0.4, -0.2) is 80.2 Å². The van der Waals surface area contributed by atoms with Gasteiger partial charge in [-0.25, -0.2) is 14.2 Å². The zero-order valence-electron chi connectivity index (χ0n) is 25.3. The van der Waals surface area contributed by atoms with Gasteiger partial charge in [0, 0.05) is 49.0 Å². The largest absolute Gasteiger partial charge is 0.493 e. The number of nitrogens with zero attached hydrogens (tertiary/aromatic N) is 4. The average molecular weight is 654 g/mol. The molecule has 0 bridgehead atoms. The first kappa shape index (κ1) is 33.5. The molecule has 4 rings (SSSR count). The van der Waals surface area contributed by atoms with Gasteiger partial charge in [-0.1, -0.05) is 36.6 Å². The van der Waals surface area contributed by atoms with Gasteiger partial charge in [0.15, 0.2) is 11.6 Å². The van der Waals surface area contributed by atoms with E-state index in [1.165, 1.54) is 0 Å². The number of halogens is 1. The fourth-order valence-corrected chi connectivity index (χ4v) is 5.20. The van der Waals surface area contributed by atoms with Gasteiger partial charge in [-0.2, -0.15) is 4.98 Å². The number of thioether (sulfide) groups is 1. The summed E-state index contributed by atoms with van der Waals surface area (Å²) in [6.45, 7) is 11.9. The summed E-state index contributed by atoms with van der Waals surface area (Å²) in [6, 6.07) is 14.0. The van der Waals surface area contributed by atoms with Crippen LogP contribution in [0.1, 0.15) is 20.8 Å². The molecule has 1 saturated heterocycles. The van der Waals surface area contributed by atoms with Crippen LogP contribution in [0.5, 0.6) is 5.75 Å². The van der Waals surface area contributed by atoms with E-state index < -0.39 is 11.4 Å². The van der Waals surface area contributed by atoms with Crippen molar-refractivity contribution in [1.82, 2.24) is 19.8 Å².